The van der Waals surface area contributed by atoms with Crippen LogP contribution in [0.15, 0.2) is 34.8 Å². The summed E-state index contributed by atoms with van der Waals surface area (Å²) in [5, 5.41) is 3.46. The third-order valence-corrected chi connectivity index (χ3v) is 4.29. The molecule has 0 spiro atoms. The van der Waals surface area contributed by atoms with E-state index >= 15 is 0 Å². The van der Waals surface area contributed by atoms with Crippen LogP contribution in [0.1, 0.15) is 36.2 Å². The SMILES string of the molecule is CCCOc1c(Br)cc(C(=O)Nc2cc(Cl)ccc2C)cc1OCC. The molecule has 0 unspecified atom stereocenters. The Kier molecular flexibility index (Phi) is 7.14. The van der Waals surface area contributed by atoms with Crippen LogP contribution in [0, 0.1) is 6.92 Å². The first-order valence-electron chi connectivity index (χ1n) is 8.12. The van der Waals surface area contributed by atoms with Crippen molar-refractivity contribution < 1.29 is 14.3 Å². The highest BCUT2D eigenvalue weighted by atomic mass is 79.9. The number of carbonyl (C=O) groups is 1. The summed E-state index contributed by atoms with van der Waals surface area (Å²) in [4.78, 5) is 12.6. The fourth-order valence-electron chi connectivity index (χ4n) is 2.23. The first-order chi connectivity index (χ1) is 12.0. The number of hydrogen-bond acceptors (Lipinski definition) is 3. The van der Waals surface area contributed by atoms with E-state index in [1.165, 1.54) is 0 Å². The van der Waals surface area contributed by atoms with Crippen LogP contribution in [0.5, 0.6) is 11.5 Å². The maximum absolute atomic E-state index is 12.6. The molecule has 0 radical (unpaired) electrons. The largest absolute Gasteiger partial charge is 0.490 e. The Bertz CT molecular complexity index is 765. The second-order valence-electron chi connectivity index (χ2n) is 5.48. The van der Waals surface area contributed by atoms with E-state index in [4.69, 9.17) is 21.1 Å². The minimum atomic E-state index is -0.242. The lowest BCUT2D eigenvalue weighted by atomic mass is 10.1. The smallest absolute Gasteiger partial charge is 0.255 e. The Balaban J connectivity index is 2.31. The lowest BCUT2D eigenvalue weighted by Gasteiger charge is -2.15. The zero-order chi connectivity index (χ0) is 18.4. The topological polar surface area (TPSA) is 47.6 Å². The second-order valence-corrected chi connectivity index (χ2v) is 6.77. The molecule has 2 aromatic rings. The van der Waals surface area contributed by atoms with Crippen molar-refractivity contribution in [3.8, 4) is 11.5 Å². The van der Waals surface area contributed by atoms with E-state index in [1.807, 2.05) is 26.8 Å². The van der Waals surface area contributed by atoms with Crippen molar-refractivity contribution in [1.82, 2.24) is 0 Å². The lowest BCUT2D eigenvalue weighted by Crippen LogP contribution is -2.13. The predicted molar refractivity (Wildman–Crippen MR) is 105 cm³/mol. The number of hydrogen-bond donors (Lipinski definition) is 1. The van der Waals surface area contributed by atoms with Crippen LogP contribution in [0.2, 0.25) is 5.02 Å². The molecule has 134 valence electrons. The Hall–Kier alpha value is -1.72. The molecule has 0 aliphatic rings. The zero-order valence-electron chi connectivity index (χ0n) is 14.5. The van der Waals surface area contributed by atoms with Gasteiger partial charge < -0.3 is 14.8 Å². The van der Waals surface area contributed by atoms with Gasteiger partial charge in [0.15, 0.2) is 11.5 Å². The van der Waals surface area contributed by atoms with Crippen LogP contribution >= 0.6 is 27.5 Å². The summed E-state index contributed by atoms with van der Waals surface area (Å²) in [5.74, 6) is 0.909. The van der Waals surface area contributed by atoms with Crippen LogP contribution in [-0.4, -0.2) is 19.1 Å². The summed E-state index contributed by atoms with van der Waals surface area (Å²) >= 11 is 9.48. The molecular formula is C19H21BrClNO3. The Morgan fingerprint density at radius 1 is 1.20 bits per heavy atom. The van der Waals surface area contributed by atoms with Gasteiger partial charge in [0.1, 0.15) is 0 Å². The quantitative estimate of drug-likeness (QED) is 0.604. The van der Waals surface area contributed by atoms with Gasteiger partial charge in [-0.3, -0.25) is 4.79 Å². The fourth-order valence-corrected chi connectivity index (χ4v) is 2.96. The van der Waals surface area contributed by atoms with Gasteiger partial charge in [-0.25, -0.2) is 0 Å². The van der Waals surface area contributed by atoms with Crippen LogP contribution in [0.4, 0.5) is 5.69 Å². The monoisotopic (exact) mass is 425 g/mol. The van der Waals surface area contributed by atoms with E-state index in [0.29, 0.717) is 45.5 Å². The molecule has 0 atom stereocenters. The maximum Gasteiger partial charge on any atom is 0.255 e. The first-order valence-corrected chi connectivity index (χ1v) is 9.30. The molecule has 0 saturated carbocycles. The minimum absolute atomic E-state index is 0.242. The lowest BCUT2D eigenvalue weighted by molar-refractivity contribution is 0.102. The van der Waals surface area contributed by atoms with Crippen LogP contribution < -0.4 is 14.8 Å². The highest BCUT2D eigenvalue weighted by molar-refractivity contribution is 9.10. The molecule has 4 nitrogen and oxygen atoms in total. The van der Waals surface area contributed by atoms with Crippen molar-refractivity contribution in [2.45, 2.75) is 27.2 Å². The number of halogens is 2. The summed E-state index contributed by atoms with van der Waals surface area (Å²) < 4.78 is 12.1. The van der Waals surface area contributed by atoms with Gasteiger partial charge in [-0.15, -0.1) is 0 Å². The van der Waals surface area contributed by atoms with E-state index < -0.39 is 0 Å². The summed E-state index contributed by atoms with van der Waals surface area (Å²) in [6.07, 6.45) is 0.883. The average Bonchev–Trinajstić information content (AvgIpc) is 2.57. The molecule has 0 aromatic heterocycles. The van der Waals surface area contributed by atoms with Crippen LogP contribution in [0.3, 0.4) is 0 Å². The summed E-state index contributed by atoms with van der Waals surface area (Å²) in [6, 6.07) is 8.79. The molecule has 0 saturated heterocycles. The first kappa shape index (κ1) is 19.6. The van der Waals surface area contributed by atoms with Crippen molar-refractivity contribution in [2.24, 2.45) is 0 Å². The number of anilines is 1. The standard InChI is InChI=1S/C19H21BrClNO3/c1-4-8-25-18-15(20)9-13(10-17(18)24-5-2)19(23)22-16-11-14(21)7-6-12(16)3/h6-7,9-11H,4-5,8H2,1-3H3,(H,22,23). The molecule has 2 aromatic carbocycles. The van der Waals surface area contributed by atoms with Gasteiger partial charge in [-0.2, -0.15) is 0 Å². The molecule has 0 bridgehead atoms. The zero-order valence-corrected chi connectivity index (χ0v) is 16.8. The van der Waals surface area contributed by atoms with E-state index in [2.05, 4.69) is 21.2 Å². The molecule has 25 heavy (non-hydrogen) atoms. The van der Waals surface area contributed by atoms with Crippen LogP contribution in [-0.2, 0) is 0 Å². The van der Waals surface area contributed by atoms with Crippen LogP contribution in [0.25, 0.3) is 0 Å². The summed E-state index contributed by atoms with van der Waals surface area (Å²) in [7, 11) is 0. The van der Waals surface area contributed by atoms with Gasteiger partial charge in [-0.1, -0.05) is 24.6 Å². The molecule has 0 aliphatic carbocycles. The molecule has 0 fully saturated rings. The van der Waals surface area contributed by atoms with E-state index in [-0.39, 0.29) is 5.91 Å². The molecule has 0 heterocycles. The van der Waals surface area contributed by atoms with E-state index in [9.17, 15) is 4.79 Å². The van der Waals surface area contributed by atoms with E-state index in [0.717, 1.165) is 12.0 Å². The number of carbonyl (C=O) groups excluding carboxylic acids is 1. The predicted octanol–water partition coefficient (Wildman–Crippen LogP) is 5.85. The normalized spacial score (nSPS) is 10.4. The van der Waals surface area contributed by atoms with E-state index in [1.54, 1.807) is 24.3 Å². The molecule has 2 rings (SSSR count). The number of rotatable bonds is 7. The number of benzene rings is 2. The number of nitrogens with one attached hydrogen (secondary N) is 1. The number of ether oxygens (including phenoxy) is 2. The third kappa shape index (κ3) is 5.13. The Labute approximate surface area is 161 Å². The van der Waals surface area contributed by atoms with Gasteiger partial charge >= 0.3 is 0 Å². The summed E-state index contributed by atoms with van der Waals surface area (Å²) in [5.41, 5.74) is 2.08. The van der Waals surface area contributed by atoms with Gasteiger partial charge in [0, 0.05) is 16.3 Å². The van der Waals surface area contributed by atoms with Crippen molar-refractivity contribution in [3.63, 3.8) is 0 Å². The van der Waals surface area contributed by atoms with Gasteiger partial charge in [0.05, 0.1) is 17.7 Å². The molecule has 6 heteroatoms. The molecule has 1 amide bonds. The minimum Gasteiger partial charge on any atom is -0.490 e. The fraction of sp³-hybridized carbons (Fsp3) is 0.316. The third-order valence-electron chi connectivity index (χ3n) is 3.47. The highest BCUT2D eigenvalue weighted by Crippen LogP contribution is 2.37. The van der Waals surface area contributed by atoms with Gasteiger partial charge in [0.25, 0.3) is 5.91 Å². The molecule has 0 aliphatic heterocycles. The van der Waals surface area contributed by atoms with Crippen molar-refractivity contribution in [2.75, 3.05) is 18.5 Å². The van der Waals surface area contributed by atoms with Crippen molar-refractivity contribution >= 4 is 39.1 Å². The van der Waals surface area contributed by atoms with Crippen molar-refractivity contribution in [3.05, 3.63) is 51.0 Å². The molecular weight excluding hydrogens is 406 g/mol. The van der Waals surface area contributed by atoms with Gasteiger partial charge in [0.2, 0.25) is 0 Å². The average molecular weight is 427 g/mol. The Morgan fingerprint density at radius 2 is 1.96 bits per heavy atom. The van der Waals surface area contributed by atoms with Gasteiger partial charge in [-0.05, 0) is 66.0 Å². The second kappa shape index (κ2) is 9.11. The molecule has 1 N–H and O–H groups in total. The number of aryl methyl sites for hydroxylation is 1. The number of amides is 1. The maximum atomic E-state index is 12.6. The van der Waals surface area contributed by atoms with Crippen molar-refractivity contribution in [1.29, 1.82) is 0 Å². The highest BCUT2D eigenvalue weighted by Gasteiger charge is 2.16. The summed E-state index contributed by atoms with van der Waals surface area (Å²) in [6.45, 7) is 6.89. The Morgan fingerprint density at radius 3 is 2.64 bits per heavy atom.